The average molecular weight is 369 g/mol. The largest absolute Gasteiger partial charge is 0.182 e. The molecule has 0 atom stereocenters. The molecule has 0 spiro atoms. The molecule has 0 saturated carbocycles. The van der Waals surface area contributed by atoms with Gasteiger partial charge < -0.3 is 0 Å². The van der Waals surface area contributed by atoms with Gasteiger partial charge in [-0.25, -0.2) is 0 Å². The first kappa shape index (κ1) is 15.6. The molecule has 1 heterocycles. The lowest BCUT2D eigenvalue weighted by Gasteiger charge is -2.31. The number of benzene rings is 4. The fourth-order valence-corrected chi connectivity index (χ4v) is 10.3. The van der Waals surface area contributed by atoms with Crippen LogP contribution in [0.2, 0.25) is 5.02 Å². The summed E-state index contributed by atoms with van der Waals surface area (Å²) in [4.78, 5) is 0. The molecule has 0 aromatic heterocycles. The molecule has 0 aliphatic carbocycles. The van der Waals surface area contributed by atoms with Crippen LogP contribution in [0.3, 0.4) is 0 Å². The van der Waals surface area contributed by atoms with Gasteiger partial charge in [0.05, 0.1) is 0 Å². The molecule has 0 amide bonds. The SMILES string of the molecule is Clc1cccc2c1[Si](c1ccccc1)(c1ccccc1)c1ccccc1-2. The summed E-state index contributed by atoms with van der Waals surface area (Å²) in [6.07, 6.45) is 0. The summed E-state index contributed by atoms with van der Waals surface area (Å²) in [5.74, 6) is 0. The van der Waals surface area contributed by atoms with Crippen LogP contribution in [0.4, 0.5) is 0 Å². The van der Waals surface area contributed by atoms with Crippen molar-refractivity contribution in [2.75, 3.05) is 0 Å². The highest BCUT2D eigenvalue weighted by Crippen LogP contribution is 2.31. The molecule has 0 unspecified atom stereocenters. The zero-order valence-corrected chi connectivity index (χ0v) is 15.9. The third-order valence-electron chi connectivity index (χ3n) is 5.42. The Hall–Kier alpha value is -2.61. The third-order valence-corrected chi connectivity index (χ3v) is 10.8. The van der Waals surface area contributed by atoms with Crippen LogP contribution in [-0.4, -0.2) is 8.07 Å². The number of hydrogen-bond acceptors (Lipinski definition) is 0. The molecule has 0 nitrogen and oxygen atoms in total. The Morgan fingerprint density at radius 2 is 1.04 bits per heavy atom. The summed E-state index contributed by atoms with van der Waals surface area (Å²) < 4.78 is 0. The van der Waals surface area contributed by atoms with Gasteiger partial charge in [0.1, 0.15) is 0 Å². The lowest BCUT2D eigenvalue weighted by Crippen LogP contribution is -2.73. The first-order chi connectivity index (χ1) is 12.8. The maximum absolute atomic E-state index is 6.88. The van der Waals surface area contributed by atoms with Crippen LogP contribution >= 0.6 is 11.6 Å². The summed E-state index contributed by atoms with van der Waals surface area (Å²) in [6, 6.07) is 37.0. The molecule has 0 N–H and O–H groups in total. The van der Waals surface area contributed by atoms with Gasteiger partial charge in [0.25, 0.3) is 0 Å². The zero-order chi connectivity index (χ0) is 17.6. The molecule has 124 valence electrons. The molecule has 0 bridgehead atoms. The summed E-state index contributed by atoms with van der Waals surface area (Å²) in [5.41, 5.74) is 2.61. The van der Waals surface area contributed by atoms with E-state index in [0.717, 1.165) is 5.02 Å². The average Bonchev–Trinajstić information content (AvgIpc) is 3.02. The molecule has 5 rings (SSSR count). The number of hydrogen-bond donors (Lipinski definition) is 0. The van der Waals surface area contributed by atoms with Gasteiger partial charge in [0, 0.05) is 5.02 Å². The minimum atomic E-state index is -2.40. The van der Waals surface area contributed by atoms with E-state index in [2.05, 4.69) is 97.1 Å². The van der Waals surface area contributed by atoms with E-state index in [1.54, 1.807) is 0 Å². The van der Waals surface area contributed by atoms with Crippen molar-refractivity contribution >= 4 is 40.4 Å². The van der Waals surface area contributed by atoms with Crippen molar-refractivity contribution in [3.05, 3.63) is 108 Å². The maximum Gasteiger partial charge on any atom is 0.182 e. The van der Waals surface area contributed by atoms with E-state index in [9.17, 15) is 0 Å². The van der Waals surface area contributed by atoms with Gasteiger partial charge in [-0.3, -0.25) is 0 Å². The molecule has 0 saturated heterocycles. The summed E-state index contributed by atoms with van der Waals surface area (Å²) in [7, 11) is -2.40. The van der Waals surface area contributed by atoms with Crippen molar-refractivity contribution in [3.63, 3.8) is 0 Å². The minimum Gasteiger partial charge on any atom is -0.0844 e. The van der Waals surface area contributed by atoms with Crippen LogP contribution in [0, 0.1) is 0 Å². The van der Waals surface area contributed by atoms with Crippen LogP contribution < -0.4 is 20.7 Å². The highest BCUT2D eigenvalue weighted by Gasteiger charge is 2.49. The van der Waals surface area contributed by atoms with Gasteiger partial charge in [0.15, 0.2) is 8.07 Å². The van der Waals surface area contributed by atoms with Crippen molar-refractivity contribution in [1.29, 1.82) is 0 Å². The third kappa shape index (κ3) is 2.02. The predicted octanol–water partition coefficient (Wildman–Crippen LogP) is 3.70. The fraction of sp³-hybridized carbons (Fsp3) is 0. The van der Waals surface area contributed by atoms with Gasteiger partial charge in [-0.15, -0.1) is 0 Å². The topological polar surface area (TPSA) is 0 Å². The first-order valence-corrected chi connectivity index (χ1v) is 11.2. The van der Waals surface area contributed by atoms with Crippen molar-refractivity contribution in [2.45, 2.75) is 0 Å². The van der Waals surface area contributed by atoms with Crippen molar-refractivity contribution in [2.24, 2.45) is 0 Å². The Bertz CT molecular complexity index is 1050. The molecule has 4 aromatic rings. The zero-order valence-electron chi connectivity index (χ0n) is 14.2. The second-order valence-electron chi connectivity index (χ2n) is 6.69. The van der Waals surface area contributed by atoms with E-state index in [1.165, 1.54) is 31.9 Å². The highest BCUT2D eigenvalue weighted by molar-refractivity contribution is 7.22. The Kier molecular flexibility index (Phi) is 3.59. The van der Waals surface area contributed by atoms with E-state index < -0.39 is 8.07 Å². The molecule has 1 aliphatic heterocycles. The van der Waals surface area contributed by atoms with Crippen LogP contribution in [0.15, 0.2) is 103 Å². The Morgan fingerprint density at radius 3 is 1.69 bits per heavy atom. The number of fused-ring (bicyclic) bond motifs is 3. The van der Waals surface area contributed by atoms with Gasteiger partial charge in [-0.1, -0.05) is 109 Å². The van der Waals surface area contributed by atoms with Gasteiger partial charge >= 0.3 is 0 Å². The molecule has 4 aromatic carbocycles. The monoisotopic (exact) mass is 368 g/mol. The molecular weight excluding hydrogens is 352 g/mol. The fourth-order valence-electron chi connectivity index (χ4n) is 4.45. The lowest BCUT2D eigenvalue weighted by atomic mass is 10.1. The molecule has 0 radical (unpaired) electrons. The second kappa shape index (κ2) is 5.98. The van der Waals surface area contributed by atoms with E-state index in [4.69, 9.17) is 11.6 Å². The second-order valence-corrected chi connectivity index (χ2v) is 10.8. The van der Waals surface area contributed by atoms with Crippen molar-refractivity contribution in [3.8, 4) is 11.1 Å². The van der Waals surface area contributed by atoms with Crippen molar-refractivity contribution in [1.82, 2.24) is 0 Å². The van der Waals surface area contributed by atoms with Gasteiger partial charge in [-0.05, 0) is 37.9 Å². The quantitative estimate of drug-likeness (QED) is 0.417. The standard InChI is InChI=1S/C24H17ClSi/c25-22-16-9-15-21-20-14-7-8-17-23(20)26(24(21)22,18-10-3-1-4-11-18)19-12-5-2-6-13-19/h1-17H. The number of halogens is 1. The molecule has 0 fully saturated rings. The summed E-state index contributed by atoms with van der Waals surface area (Å²) >= 11 is 6.88. The summed E-state index contributed by atoms with van der Waals surface area (Å²) in [6.45, 7) is 0. The Balaban J connectivity index is 2.01. The summed E-state index contributed by atoms with van der Waals surface area (Å²) in [5, 5.41) is 6.38. The molecule has 26 heavy (non-hydrogen) atoms. The van der Waals surface area contributed by atoms with Crippen molar-refractivity contribution < 1.29 is 0 Å². The van der Waals surface area contributed by atoms with Crippen LogP contribution in [-0.2, 0) is 0 Å². The first-order valence-electron chi connectivity index (χ1n) is 8.83. The number of rotatable bonds is 2. The lowest BCUT2D eigenvalue weighted by molar-refractivity contribution is 1.70. The van der Waals surface area contributed by atoms with Gasteiger partial charge in [-0.2, -0.15) is 0 Å². The Labute approximate surface area is 159 Å². The van der Waals surface area contributed by atoms with E-state index in [1.807, 2.05) is 6.07 Å². The normalized spacial score (nSPS) is 13.9. The van der Waals surface area contributed by atoms with Crippen LogP contribution in [0.25, 0.3) is 11.1 Å². The van der Waals surface area contributed by atoms with Crippen LogP contribution in [0.5, 0.6) is 0 Å². The van der Waals surface area contributed by atoms with E-state index in [-0.39, 0.29) is 0 Å². The van der Waals surface area contributed by atoms with Gasteiger partial charge in [0.2, 0.25) is 0 Å². The molecular formula is C24H17ClSi. The maximum atomic E-state index is 6.88. The smallest absolute Gasteiger partial charge is 0.0844 e. The minimum absolute atomic E-state index is 0.873. The van der Waals surface area contributed by atoms with Crippen LogP contribution in [0.1, 0.15) is 0 Å². The molecule has 1 aliphatic rings. The highest BCUT2D eigenvalue weighted by atomic mass is 35.5. The Morgan fingerprint density at radius 1 is 0.500 bits per heavy atom. The predicted molar refractivity (Wildman–Crippen MR) is 114 cm³/mol. The van der Waals surface area contributed by atoms with E-state index in [0.29, 0.717) is 0 Å². The van der Waals surface area contributed by atoms with E-state index >= 15 is 0 Å². The molecule has 2 heteroatoms.